The predicted molar refractivity (Wildman–Crippen MR) is 70.8 cm³/mol. The van der Waals surface area contributed by atoms with Crippen molar-refractivity contribution >= 4 is 5.97 Å². The maximum Gasteiger partial charge on any atom is 1.00 e. The number of hydrogen-bond donors (Lipinski definition) is 0. The van der Waals surface area contributed by atoms with E-state index in [4.69, 9.17) is 4.74 Å². The van der Waals surface area contributed by atoms with Gasteiger partial charge in [0, 0.05) is 18.6 Å². The first-order chi connectivity index (χ1) is 9.18. The van der Waals surface area contributed by atoms with E-state index in [1.165, 1.54) is 0 Å². The van der Waals surface area contributed by atoms with Crippen molar-refractivity contribution in [2.75, 3.05) is 13.2 Å². The molecule has 2 rings (SSSR count). The molecule has 0 unspecified atom stereocenters. The first-order valence-electron chi connectivity index (χ1n) is 6.83. The van der Waals surface area contributed by atoms with Crippen LogP contribution in [0.15, 0.2) is 30.3 Å². The van der Waals surface area contributed by atoms with Crippen LogP contribution < -0.4 is 39.4 Å². The van der Waals surface area contributed by atoms with Crippen LogP contribution in [-0.2, 0) is 4.79 Å². The summed E-state index contributed by atoms with van der Waals surface area (Å²) in [6, 6.07) is 9.38. The number of ether oxygens (including phenoxy) is 1. The van der Waals surface area contributed by atoms with Crippen molar-refractivity contribution in [3.8, 4) is 5.75 Å². The fourth-order valence-corrected chi connectivity index (χ4v) is 2.66. The van der Waals surface area contributed by atoms with E-state index in [-0.39, 0.29) is 35.6 Å². The molecule has 1 aliphatic heterocycles. The third-order valence-electron chi connectivity index (χ3n) is 3.70. The second-order valence-corrected chi connectivity index (χ2v) is 5.01. The molecule has 20 heavy (non-hydrogen) atoms. The van der Waals surface area contributed by atoms with Gasteiger partial charge >= 0.3 is 29.6 Å². The van der Waals surface area contributed by atoms with Gasteiger partial charge in [0.25, 0.3) is 0 Å². The van der Waals surface area contributed by atoms with Crippen molar-refractivity contribution in [1.82, 2.24) is 4.90 Å². The molecule has 1 aromatic rings. The molecule has 1 aliphatic rings. The molecule has 0 bridgehead atoms. The minimum Gasteiger partial charge on any atom is -0.548 e. The number of piperidine rings is 1. The Morgan fingerprint density at radius 2 is 2.05 bits per heavy atom. The molecule has 0 amide bonds. The zero-order chi connectivity index (χ0) is 13.7. The first-order valence-corrected chi connectivity index (χ1v) is 6.83. The number of nitrogens with zero attached hydrogens (tertiary/aromatic N) is 1. The van der Waals surface area contributed by atoms with E-state index >= 15 is 0 Å². The number of likely N-dealkylation sites (tertiary alicyclic amines) is 1. The van der Waals surface area contributed by atoms with Crippen molar-refractivity contribution in [2.45, 2.75) is 38.3 Å². The van der Waals surface area contributed by atoms with Crippen LogP contribution in [-0.4, -0.2) is 36.1 Å². The fraction of sp³-hybridized carbons (Fsp3) is 0.533. The number of hydrogen-bond acceptors (Lipinski definition) is 4. The summed E-state index contributed by atoms with van der Waals surface area (Å²) in [5.41, 5.74) is 0. The van der Waals surface area contributed by atoms with Crippen LogP contribution >= 0.6 is 0 Å². The van der Waals surface area contributed by atoms with Crippen molar-refractivity contribution < 1.29 is 44.2 Å². The van der Waals surface area contributed by atoms with Gasteiger partial charge in [-0.05, 0) is 38.3 Å². The summed E-state index contributed by atoms with van der Waals surface area (Å²) >= 11 is 0. The second kappa shape index (κ2) is 8.67. The zero-order valence-corrected chi connectivity index (χ0v) is 14.2. The Morgan fingerprint density at radius 3 is 2.70 bits per heavy atom. The van der Waals surface area contributed by atoms with Crippen LogP contribution in [0.1, 0.15) is 26.2 Å². The molecule has 104 valence electrons. The summed E-state index contributed by atoms with van der Waals surface area (Å²) in [5.74, 6) is -0.150. The van der Waals surface area contributed by atoms with Gasteiger partial charge in [-0.15, -0.1) is 0 Å². The maximum atomic E-state index is 11.1. The number of carboxylic acids is 1. The molecular weight excluding hydrogens is 265 g/mol. The SMILES string of the molecule is C[C@H]1CCC[C@@H](C(=O)[O-])N1CCOc1ccccc1.[Na+]. The van der Waals surface area contributed by atoms with E-state index in [1.54, 1.807) is 0 Å². The number of carbonyl (C=O) groups is 1. The van der Waals surface area contributed by atoms with Crippen LogP contribution in [0, 0.1) is 0 Å². The maximum absolute atomic E-state index is 11.1. The molecule has 1 fully saturated rings. The minimum absolute atomic E-state index is 0. The molecule has 0 saturated carbocycles. The Hall–Kier alpha value is -0.550. The van der Waals surface area contributed by atoms with Gasteiger partial charge in [-0.2, -0.15) is 0 Å². The molecule has 1 heterocycles. The Labute approximate surface area is 142 Å². The van der Waals surface area contributed by atoms with Gasteiger partial charge in [0.1, 0.15) is 12.4 Å². The predicted octanol–water partition coefficient (Wildman–Crippen LogP) is -1.94. The van der Waals surface area contributed by atoms with Crippen molar-refractivity contribution in [3.05, 3.63) is 30.3 Å². The zero-order valence-electron chi connectivity index (χ0n) is 12.2. The largest absolute Gasteiger partial charge is 1.00 e. The molecule has 0 aliphatic carbocycles. The van der Waals surface area contributed by atoms with Crippen molar-refractivity contribution in [1.29, 1.82) is 0 Å². The van der Waals surface area contributed by atoms with Crippen LogP contribution in [0.3, 0.4) is 0 Å². The molecule has 4 nitrogen and oxygen atoms in total. The first kappa shape index (κ1) is 17.5. The smallest absolute Gasteiger partial charge is 0.548 e. The molecular formula is C15H20NNaO3. The van der Waals surface area contributed by atoms with E-state index < -0.39 is 12.0 Å². The van der Waals surface area contributed by atoms with Gasteiger partial charge in [-0.1, -0.05) is 18.2 Å². The molecule has 1 aromatic carbocycles. The number of carboxylic acid groups (broad SMARTS) is 1. The van der Waals surface area contributed by atoms with E-state index in [9.17, 15) is 9.90 Å². The Balaban J connectivity index is 0.00000200. The normalized spacial score (nSPS) is 22.9. The third kappa shape index (κ3) is 4.77. The van der Waals surface area contributed by atoms with Crippen LogP contribution in [0.2, 0.25) is 0 Å². The Morgan fingerprint density at radius 1 is 1.35 bits per heavy atom. The standard InChI is InChI=1S/C15H21NO3.Na/c1-12-6-5-9-14(15(17)18)16(12)10-11-19-13-7-3-2-4-8-13;/h2-4,7-8,12,14H,5-6,9-11H2,1H3,(H,17,18);/q;+1/p-1/t12-,14-;/m0./s1. The number of carbonyl (C=O) groups excluding carboxylic acids is 1. The average Bonchev–Trinajstić information content (AvgIpc) is 2.41. The number of rotatable bonds is 5. The molecule has 0 N–H and O–H groups in total. The summed E-state index contributed by atoms with van der Waals surface area (Å²) in [6.07, 6.45) is 2.67. The van der Waals surface area contributed by atoms with Gasteiger partial charge in [-0.3, -0.25) is 4.90 Å². The quantitative estimate of drug-likeness (QED) is 0.591. The summed E-state index contributed by atoms with van der Waals surface area (Å²) in [6.45, 7) is 3.18. The minimum atomic E-state index is -0.966. The molecule has 0 aromatic heterocycles. The average molecular weight is 285 g/mol. The van der Waals surface area contributed by atoms with Gasteiger partial charge in [0.05, 0.1) is 5.97 Å². The molecule has 1 saturated heterocycles. The van der Waals surface area contributed by atoms with Gasteiger partial charge in [-0.25, -0.2) is 0 Å². The van der Waals surface area contributed by atoms with E-state index in [1.807, 2.05) is 35.2 Å². The summed E-state index contributed by atoms with van der Waals surface area (Å²) in [5, 5.41) is 11.1. The van der Waals surface area contributed by atoms with Crippen LogP contribution in [0.25, 0.3) is 0 Å². The van der Waals surface area contributed by atoms with E-state index in [0.29, 0.717) is 19.6 Å². The summed E-state index contributed by atoms with van der Waals surface area (Å²) < 4.78 is 5.63. The molecule has 0 radical (unpaired) electrons. The second-order valence-electron chi connectivity index (χ2n) is 5.01. The summed E-state index contributed by atoms with van der Waals surface area (Å²) in [7, 11) is 0. The van der Waals surface area contributed by atoms with Crippen molar-refractivity contribution in [2.24, 2.45) is 0 Å². The van der Waals surface area contributed by atoms with Crippen LogP contribution in [0.4, 0.5) is 0 Å². The number of benzene rings is 1. The van der Waals surface area contributed by atoms with E-state index in [2.05, 4.69) is 6.92 Å². The third-order valence-corrected chi connectivity index (χ3v) is 3.70. The number of aliphatic carboxylic acids is 1. The van der Waals surface area contributed by atoms with Gasteiger partial charge < -0.3 is 14.6 Å². The summed E-state index contributed by atoms with van der Waals surface area (Å²) in [4.78, 5) is 13.1. The topological polar surface area (TPSA) is 52.6 Å². The van der Waals surface area contributed by atoms with Crippen molar-refractivity contribution in [3.63, 3.8) is 0 Å². The Kier molecular flexibility index (Phi) is 7.59. The van der Waals surface area contributed by atoms with Crippen LogP contribution in [0.5, 0.6) is 5.75 Å². The van der Waals surface area contributed by atoms with Gasteiger partial charge in [0.15, 0.2) is 0 Å². The molecule has 5 heteroatoms. The number of para-hydroxylation sites is 1. The fourth-order valence-electron chi connectivity index (χ4n) is 2.66. The molecule has 0 spiro atoms. The van der Waals surface area contributed by atoms with E-state index in [0.717, 1.165) is 18.6 Å². The Bertz CT molecular complexity index is 413. The monoisotopic (exact) mass is 285 g/mol. The van der Waals surface area contributed by atoms with Gasteiger partial charge in [0.2, 0.25) is 0 Å². The molecule has 2 atom stereocenters.